The van der Waals surface area contributed by atoms with Gasteiger partial charge >= 0.3 is 12.6 Å². The molecule has 1 aromatic heterocycles. The standard InChI is InChI=1S/C21H26F2N6O3/c1-15-13-18(26-20(24-15)28-9-11-31-12-10-28)27-5-7-29(8-6-27)21(30)25-16-3-2-4-17(14-16)32-19(22)23/h2-4,13-14,19H,5-12H2,1H3,(H,25,30). The molecule has 3 heterocycles. The molecule has 0 spiro atoms. The van der Waals surface area contributed by atoms with E-state index < -0.39 is 6.61 Å². The summed E-state index contributed by atoms with van der Waals surface area (Å²) in [6, 6.07) is 7.63. The molecule has 1 aromatic carbocycles. The molecule has 2 aromatic rings. The van der Waals surface area contributed by atoms with E-state index in [1.54, 1.807) is 17.0 Å². The number of alkyl halides is 2. The molecule has 0 saturated carbocycles. The molecule has 2 saturated heterocycles. The van der Waals surface area contributed by atoms with Gasteiger partial charge in [0, 0.05) is 62.8 Å². The summed E-state index contributed by atoms with van der Waals surface area (Å²) >= 11 is 0. The van der Waals surface area contributed by atoms with Gasteiger partial charge in [-0.15, -0.1) is 0 Å². The maximum Gasteiger partial charge on any atom is 0.387 e. The Hall–Kier alpha value is -3.21. The lowest BCUT2D eigenvalue weighted by Gasteiger charge is -2.36. The number of aryl methyl sites for hydroxylation is 1. The minimum atomic E-state index is -2.91. The molecule has 0 bridgehead atoms. The van der Waals surface area contributed by atoms with E-state index in [-0.39, 0.29) is 11.8 Å². The van der Waals surface area contributed by atoms with E-state index in [2.05, 4.69) is 24.8 Å². The highest BCUT2D eigenvalue weighted by molar-refractivity contribution is 5.89. The Morgan fingerprint density at radius 1 is 1.06 bits per heavy atom. The normalized spacial score (nSPS) is 16.9. The van der Waals surface area contributed by atoms with Crippen LogP contribution in [0.4, 0.5) is 31.0 Å². The molecule has 1 N–H and O–H groups in total. The van der Waals surface area contributed by atoms with Gasteiger partial charge < -0.3 is 29.5 Å². The van der Waals surface area contributed by atoms with Gasteiger partial charge in [0.1, 0.15) is 11.6 Å². The molecule has 11 heteroatoms. The predicted octanol–water partition coefficient (Wildman–Crippen LogP) is 2.58. The Morgan fingerprint density at radius 3 is 2.53 bits per heavy atom. The van der Waals surface area contributed by atoms with Crippen LogP contribution in [0.15, 0.2) is 30.3 Å². The number of amides is 2. The van der Waals surface area contributed by atoms with Crippen LogP contribution in [0.1, 0.15) is 5.69 Å². The third kappa shape index (κ3) is 5.52. The zero-order valence-corrected chi connectivity index (χ0v) is 17.8. The number of carbonyl (C=O) groups is 1. The number of carbonyl (C=O) groups excluding carboxylic acids is 1. The number of nitrogens with zero attached hydrogens (tertiary/aromatic N) is 5. The Bertz CT molecular complexity index is 934. The van der Waals surface area contributed by atoms with E-state index in [0.717, 1.165) is 24.6 Å². The summed E-state index contributed by atoms with van der Waals surface area (Å²) in [4.78, 5) is 27.9. The van der Waals surface area contributed by atoms with Gasteiger partial charge in [0.15, 0.2) is 0 Å². The zero-order valence-electron chi connectivity index (χ0n) is 17.8. The number of hydrogen-bond donors (Lipinski definition) is 1. The Morgan fingerprint density at radius 2 is 1.81 bits per heavy atom. The Kier molecular flexibility index (Phi) is 6.84. The molecular weight excluding hydrogens is 422 g/mol. The van der Waals surface area contributed by atoms with E-state index in [9.17, 15) is 13.6 Å². The van der Waals surface area contributed by atoms with Crippen molar-refractivity contribution in [2.75, 3.05) is 67.6 Å². The molecule has 2 fully saturated rings. The second-order valence-corrected chi connectivity index (χ2v) is 7.58. The number of benzene rings is 1. The van der Waals surface area contributed by atoms with Gasteiger partial charge in [0.05, 0.1) is 13.2 Å². The van der Waals surface area contributed by atoms with E-state index in [0.29, 0.717) is 51.0 Å². The summed E-state index contributed by atoms with van der Waals surface area (Å²) in [5.74, 6) is 1.54. The molecule has 2 aliphatic heterocycles. The summed E-state index contributed by atoms with van der Waals surface area (Å²) in [5, 5.41) is 2.74. The van der Waals surface area contributed by atoms with Gasteiger partial charge in [0.2, 0.25) is 5.95 Å². The highest BCUT2D eigenvalue weighted by atomic mass is 19.3. The number of urea groups is 1. The van der Waals surface area contributed by atoms with E-state index in [1.807, 2.05) is 13.0 Å². The first-order chi connectivity index (χ1) is 15.5. The molecule has 32 heavy (non-hydrogen) atoms. The summed E-state index contributed by atoms with van der Waals surface area (Å²) in [6.07, 6.45) is 0. The van der Waals surface area contributed by atoms with Crippen molar-refractivity contribution in [3.63, 3.8) is 0 Å². The highest BCUT2D eigenvalue weighted by Crippen LogP contribution is 2.22. The number of halogens is 2. The van der Waals surface area contributed by atoms with Crippen LogP contribution in [0, 0.1) is 6.92 Å². The zero-order chi connectivity index (χ0) is 22.5. The molecule has 4 rings (SSSR count). The largest absolute Gasteiger partial charge is 0.435 e. The minimum absolute atomic E-state index is 0.00202. The monoisotopic (exact) mass is 448 g/mol. The van der Waals surface area contributed by atoms with Crippen molar-refractivity contribution in [2.24, 2.45) is 0 Å². The van der Waals surface area contributed by atoms with Crippen LogP contribution in [0.5, 0.6) is 5.75 Å². The molecule has 9 nitrogen and oxygen atoms in total. The van der Waals surface area contributed by atoms with Gasteiger partial charge in [-0.3, -0.25) is 0 Å². The van der Waals surface area contributed by atoms with E-state index in [1.165, 1.54) is 12.1 Å². The van der Waals surface area contributed by atoms with E-state index in [4.69, 9.17) is 9.72 Å². The van der Waals surface area contributed by atoms with Crippen LogP contribution in [-0.2, 0) is 4.74 Å². The summed E-state index contributed by atoms with van der Waals surface area (Å²) in [5.41, 5.74) is 1.29. The van der Waals surface area contributed by atoms with Crippen molar-refractivity contribution in [2.45, 2.75) is 13.5 Å². The predicted molar refractivity (Wildman–Crippen MR) is 116 cm³/mol. The van der Waals surface area contributed by atoms with Crippen LogP contribution in [0.2, 0.25) is 0 Å². The fraction of sp³-hybridized carbons (Fsp3) is 0.476. The molecule has 0 atom stereocenters. The van der Waals surface area contributed by atoms with Crippen molar-refractivity contribution in [1.82, 2.24) is 14.9 Å². The molecular formula is C21H26F2N6O3. The van der Waals surface area contributed by atoms with Gasteiger partial charge in [-0.25, -0.2) is 9.78 Å². The fourth-order valence-electron chi connectivity index (χ4n) is 3.69. The number of ether oxygens (including phenoxy) is 2. The average Bonchev–Trinajstić information content (AvgIpc) is 2.79. The summed E-state index contributed by atoms with van der Waals surface area (Å²) in [6.45, 7) is 4.16. The number of rotatable bonds is 5. The average molecular weight is 448 g/mol. The number of morpholine rings is 1. The van der Waals surface area contributed by atoms with Crippen molar-refractivity contribution < 1.29 is 23.0 Å². The Labute approximate surface area is 184 Å². The SMILES string of the molecule is Cc1cc(N2CCN(C(=O)Nc3cccc(OC(F)F)c3)CC2)nc(N2CCOCC2)n1. The van der Waals surface area contributed by atoms with Crippen molar-refractivity contribution in [3.05, 3.63) is 36.0 Å². The number of hydrogen-bond acceptors (Lipinski definition) is 7. The molecule has 2 amide bonds. The van der Waals surface area contributed by atoms with Crippen LogP contribution in [-0.4, -0.2) is 80.0 Å². The lowest BCUT2D eigenvalue weighted by atomic mass is 10.3. The lowest BCUT2D eigenvalue weighted by Crippen LogP contribution is -2.50. The highest BCUT2D eigenvalue weighted by Gasteiger charge is 2.24. The summed E-state index contributed by atoms with van der Waals surface area (Å²) in [7, 11) is 0. The molecule has 2 aliphatic rings. The van der Waals surface area contributed by atoms with Crippen LogP contribution in [0.25, 0.3) is 0 Å². The second-order valence-electron chi connectivity index (χ2n) is 7.58. The molecule has 172 valence electrons. The number of nitrogens with one attached hydrogen (secondary N) is 1. The molecule has 0 radical (unpaired) electrons. The van der Waals surface area contributed by atoms with Crippen LogP contribution < -0.4 is 19.9 Å². The number of piperazine rings is 1. The van der Waals surface area contributed by atoms with E-state index >= 15 is 0 Å². The van der Waals surface area contributed by atoms with Crippen molar-refractivity contribution in [1.29, 1.82) is 0 Å². The van der Waals surface area contributed by atoms with Gasteiger partial charge in [0.25, 0.3) is 0 Å². The first-order valence-electron chi connectivity index (χ1n) is 10.5. The lowest BCUT2D eigenvalue weighted by molar-refractivity contribution is -0.0498. The van der Waals surface area contributed by atoms with Gasteiger partial charge in [-0.2, -0.15) is 13.8 Å². The Balaban J connectivity index is 1.35. The fourth-order valence-corrected chi connectivity index (χ4v) is 3.69. The molecule has 0 aliphatic carbocycles. The minimum Gasteiger partial charge on any atom is -0.435 e. The van der Waals surface area contributed by atoms with Gasteiger partial charge in [-0.1, -0.05) is 6.07 Å². The first kappa shape index (κ1) is 22.0. The van der Waals surface area contributed by atoms with Crippen molar-refractivity contribution in [3.8, 4) is 5.75 Å². The smallest absolute Gasteiger partial charge is 0.387 e. The quantitative estimate of drug-likeness (QED) is 0.753. The van der Waals surface area contributed by atoms with Gasteiger partial charge in [-0.05, 0) is 19.1 Å². The van der Waals surface area contributed by atoms with Crippen molar-refractivity contribution >= 4 is 23.5 Å². The summed E-state index contributed by atoms with van der Waals surface area (Å²) < 4.78 is 34.6. The second kappa shape index (κ2) is 9.94. The third-order valence-electron chi connectivity index (χ3n) is 5.32. The third-order valence-corrected chi connectivity index (χ3v) is 5.32. The first-order valence-corrected chi connectivity index (χ1v) is 10.5. The van der Waals surface area contributed by atoms with Crippen LogP contribution in [0.3, 0.4) is 0 Å². The molecule has 0 unspecified atom stereocenters. The maximum atomic E-state index is 12.6. The number of aromatic nitrogens is 2. The topological polar surface area (TPSA) is 83.1 Å². The van der Waals surface area contributed by atoms with Crippen LogP contribution >= 0.6 is 0 Å². The number of anilines is 3. The maximum absolute atomic E-state index is 12.6.